The number of hydrogen-bond acceptors (Lipinski definition) is 4. The van der Waals surface area contributed by atoms with E-state index >= 15 is 0 Å². The van der Waals surface area contributed by atoms with Gasteiger partial charge >= 0.3 is 5.97 Å². The number of carboxylic acid groups (broad SMARTS) is 1. The van der Waals surface area contributed by atoms with E-state index in [0.29, 0.717) is 5.56 Å². The van der Waals surface area contributed by atoms with Crippen molar-refractivity contribution in [3.63, 3.8) is 0 Å². The second kappa shape index (κ2) is 6.82. The number of carbonyl (C=O) groups is 1. The molecule has 0 aliphatic heterocycles. The second-order valence-corrected chi connectivity index (χ2v) is 7.65. The molecule has 2 heterocycles. The number of carboxylic acids is 1. The number of nitriles is 1. The van der Waals surface area contributed by atoms with Crippen LogP contribution in [0.4, 0.5) is 0 Å². The molecule has 4 aromatic rings. The lowest BCUT2D eigenvalue weighted by molar-refractivity contribution is -0.137. The van der Waals surface area contributed by atoms with Crippen molar-refractivity contribution in [2.45, 2.75) is 19.3 Å². The van der Waals surface area contributed by atoms with Crippen LogP contribution in [-0.2, 0) is 4.79 Å². The summed E-state index contributed by atoms with van der Waals surface area (Å²) in [6, 6.07) is 16.0. The molecule has 0 unspecified atom stereocenters. The number of aliphatic carboxylic acids is 1. The van der Waals surface area contributed by atoms with Gasteiger partial charge in [-0.15, -0.1) is 11.3 Å². The van der Waals surface area contributed by atoms with Crippen LogP contribution in [0.5, 0.6) is 0 Å². The zero-order valence-electron chi connectivity index (χ0n) is 14.6. The van der Waals surface area contributed by atoms with E-state index in [0.717, 1.165) is 36.9 Å². The Hall–Kier alpha value is -3.23. The highest BCUT2D eigenvalue weighted by Crippen LogP contribution is 2.40. The molecule has 132 valence electrons. The first-order valence-electron chi connectivity index (χ1n) is 8.60. The summed E-state index contributed by atoms with van der Waals surface area (Å²) in [5, 5.41) is 21.4. The lowest BCUT2D eigenvalue weighted by atomic mass is 9.96. The molecule has 0 aliphatic carbocycles. The van der Waals surface area contributed by atoms with Gasteiger partial charge in [-0.25, -0.2) is 0 Å². The number of rotatable bonds is 4. The zero-order valence-corrected chi connectivity index (χ0v) is 15.5. The SMILES string of the molecule is C[C@H](CC(=O)O)c1cc2cncc(-c3ccc(C#N)c4ccccc34)c2s1. The monoisotopic (exact) mass is 372 g/mol. The van der Waals surface area contributed by atoms with E-state index in [1.807, 2.05) is 61.8 Å². The van der Waals surface area contributed by atoms with Crippen molar-refractivity contribution in [2.75, 3.05) is 0 Å². The molecule has 5 heteroatoms. The third-order valence-electron chi connectivity index (χ3n) is 4.74. The summed E-state index contributed by atoms with van der Waals surface area (Å²) in [6.45, 7) is 1.93. The second-order valence-electron chi connectivity index (χ2n) is 6.57. The standard InChI is InChI=1S/C22H16N2O2S/c1-13(8-21(25)26)20-9-15-11-24-12-19(22(15)27-20)18-7-6-14(10-23)16-4-2-3-5-17(16)18/h2-7,9,11-13H,8H2,1H3,(H,25,26)/t13-/m1/s1. The molecule has 0 amide bonds. The Bertz CT molecular complexity index is 1220. The number of nitrogens with zero attached hydrogens (tertiary/aromatic N) is 2. The van der Waals surface area contributed by atoms with Crippen LogP contribution < -0.4 is 0 Å². The first kappa shape index (κ1) is 17.2. The Balaban J connectivity index is 1.93. The number of pyridine rings is 1. The van der Waals surface area contributed by atoms with Crippen molar-refractivity contribution in [3.05, 3.63) is 65.3 Å². The van der Waals surface area contributed by atoms with E-state index in [1.54, 1.807) is 11.3 Å². The molecule has 0 saturated heterocycles. The zero-order chi connectivity index (χ0) is 19.0. The normalized spacial score (nSPS) is 12.1. The molecule has 27 heavy (non-hydrogen) atoms. The van der Waals surface area contributed by atoms with Gasteiger partial charge in [0.2, 0.25) is 0 Å². The summed E-state index contributed by atoms with van der Waals surface area (Å²) < 4.78 is 1.09. The Morgan fingerprint density at radius 2 is 1.96 bits per heavy atom. The molecule has 1 N–H and O–H groups in total. The van der Waals surface area contributed by atoms with Crippen LogP contribution in [0.15, 0.2) is 54.9 Å². The first-order chi connectivity index (χ1) is 13.1. The molecule has 0 radical (unpaired) electrons. The fourth-order valence-corrected chi connectivity index (χ4v) is 4.62. The van der Waals surface area contributed by atoms with Crippen LogP contribution in [0.25, 0.3) is 32.0 Å². The Morgan fingerprint density at radius 1 is 1.19 bits per heavy atom. The van der Waals surface area contributed by atoms with Gasteiger partial charge in [0.1, 0.15) is 0 Å². The molecule has 0 saturated carbocycles. The summed E-state index contributed by atoms with van der Waals surface area (Å²) in [5.74, 6) is -0.846. The number of aromatic nitrogens is 1. The van der Waals surface area contributed by atoms with E-state index in [1.165, 1.54) is 0 Å². The fourth-order valence-electron chi connectivity index (χ4n) is 3.41. The summed E-state index contributed by atoms with van der Waals surface area (Å²) in [5.41, 5.74) is 2.69. The van der Waals surface area contributed by atoms with Gasteiger partial charge in [0, 0.05) is 44.2 Å². The number of hydrogen-bond donors (Lipinski definition) is 1. The summed E-state index contributed by atoms with van der Waals surface area (Å²) in [4.78, 5) is 16.5. The van der Waals surface area contributed by atoms with Crippen molar-refractivity contribution in [3.8, 4) is 17.2 Å². The smallest absolute Gasteiger partial charge is 0.303 e. The number of thiophene rings is 1. The van der Waals surface area contributed by atoms with Gasteiger partial charge in [0.15, 0.2) is 0 Å². The van der Waals surface area contributed by atoms with Crippen molar-refractivity contribution >= 4 is 38.2 Å². The predicted octanol–water partition coefficient (Wildman–Crippen LogP) is 5.57. The van der Waals surface area contributed by atoms with Gasteiger partial charge in [-0.05, 0) is 23.1 Å². The van der Waals surface area contributed by atoms with Gasteiger partial charge in [-0.3, -0.25) is 9.78 Å². The summed E-state index contributed by atoms with van der Waals surface area (Å²) in [6.07, 6.45) is 3.77. The van der Waals surface area contributed by atoms with Crippen LogP contribution in [0.1, 0.15) is 29.7 Å². The molecule has 2 aromatic carbocycles. The topological polar surface area (TPSA) is 74.0 Å². The van der Waals surface area contributed by atoms with Crippen molar-refractivity contribution in [1.82, 2.24) is 4.98 Å². The third-order valence-corrected chi connectivity index (χ3v) is 6.16. The average molecular weight is 372 g/mol. The third kappa shape index (κ3) is 3.05. The lowest BCUT2D eigenvalue weighted by Crippen LogP contribution is -2.00. The minimum atomic E-state index is -0.795. The van der Waals surface area contributed by atoms with E-state index in [-0.39, 0.29) is 12.3 Å². The van der Waals surface area contributed by atoms with Crippen LogP contribution >= 0.6 is 11.3 Å². The lowest BCUT2D eigenvalue weighted by Gasteiger charge is -2.09. The van der Waals surface area contributed by atoms with Gasteiger partial charge in [-0.1, -0.05) is 37.3 Å². The van der Waals surface area contributed by atoms with E-state index in [9.17, 15) is 10.1 Å². The van der Waals surface area contributed by atoms with Gasteiger partial charge in [-0.2, -0.15) is 5.26 Å². The van der Waals surface area contributed by atoms with Crippen LogP contribution in [0.2, 0.25) is 0 Å². The van der Waals surface area contributed by atoms with Gasteiger partial charge < -0.3 is 5.11 Å². The van der Waals surface area contributed by atoms with Crippen molar-refractivity contribution < 1.29 is 9.90 Å². The molecule has 1 atom stereocenters. The van der Waals surface area contributed by atoms with Crippen LogP contribution in [0.3, 0.4) is 0 Å². The highest BCUT2D eigenvalue weighted by atomic mass is 32.1. The highest BCUT2D eigenvalue weighted by Gasteiger charge is 2.17. The molecule has 4 rings (SSSR count). The number of fused-ring (bicyclic) bond motifs is 2. The van der Waals surface area contributed by atoms with Gasteiger partial charge in [0.05, 0.1) is 18.1 Å². The molecule has 4 nitrogen and oxygen atoms in total. The minimum absolute atomic E-state index is 0.0505. The maximum absolute atomic E-state index is 11.1. The molecular weight excluding hydrogens is 356 g/mol. The molecule has 0 bridgehead atoms. The van der Waals surface area contributed by atoms with Crippen molar-refractivity contribution in [1.29, 1.82) is 5.26 Å². The van der Waals surface area contributed by atoms with Crippen molar-refractivity contribution in [2.24, 2.45) is 0 Å². The Morgan fingerprint density at radius 3 is 2.70 bits per heavy atom. The predicted molar refractivity (Wildman–Crippen MR) is 108 cm³/mol. The molecule has 0 spiro atoms. The quantitative estimate of drug-likeness (QED) is 0.508. The summed E-state index contributed by atoms with van der Waals surface area (Å²) >= 11 is 1.62. The van der Waals surface area contributed by atoms with Crippen LogP contribution in [0, 0.1) is 11.3 Å². The Kier molecular flexibility index (Phi) is 4.35. The average Bonchev–Trinajstić information content (AvgIpc) is 3.11. The number of benzene rings is 2. The maximum atomic E-state index is 11.1. The molecule has 0 aliphatic rings. The van der Waals surface area contributed by atoms with E-state index in [4.69, 9.17) is 5.11 Å². The Labute approximate surface area is 160 Å². The molecule has 0 fully saturated rings. The van der Waals surface area contributed by atoms with Gasteiger partial charge in [0.25, 0.3) is 0 Å². The maximum Gasteiger partial charge on any atom is 0.303 e. The molecular formula is C22H16N2O2S. The minimum Gasteiger partial charge on any atom is -0.481 e. The summed E-state index contributed by atoms with van der Waals surface area (Å²) in [7, 11) is 0. The van der Waals surface area contributed by atoms with E-state index < -0.39 is 5.97 Å². The highest BCUT2D eigenvalue weighted by molar-refractivity contribution is 7.19. The molecule has 2 aromatic heterocycles. The van der Waals surface area contributed by atoms with Crippen LogP contribution in [-0.4, -0.2) is 16.1 Å². The van der Waals surface area contributed by atoms with E-state index in [2.05, 4.69) is 11.1 Å². The fraction of sp³-hybridized carbons (Fsp3) is 0.136. The first-order valence-corrected chi connectivity index (χ1v) is 9.41. The largest absolute Gasteiger partial charge is 0.481 e.